The molecule has 3 heterocycles. The van der Waals surface area contributed by atoms with Crippen molar-refractivity contribution in [1.82, 2.24) is 15.0 Å². The molecule has 0 radical (unpaired) electrons. The largest absolute Gasteiger partial charge is 0.431 e. The molecule has 0 saturated heterocycles. The van der Waals surface area contributed by atoms with Crippen LogP contribution in [0.5, 0.6) is 0 Å². The van der Waals surface area contributed by atoms with Crippen LogP contribution in [-0.2, 0) is 11.6 Å². The summed E-state index contributed by atoms with van der Waals surface area (Å²) in [5, 5.41) is 3.75. The minimum atomic E-state index is -4.44. The number of rotatable bonds is 2. The lowest BCUT2D eigenvalue weighted by Crippen LogP contribution is -2.33. The average molecular weight is 373 g/mol. The van der Waals surface area contributed by atoms with Crippen molar-refractivity contribution in [3.63, 3.8) is 0 Å². The third kappa shape index (κ3) is 2.46. The van der Waals surface area contributed by atoms with Gasteiger partial charge in [-0.25, -0.2) is 9.97 Å². The quantitative estimate of drug-likeness (QED) is 0.715. The lowest BCUT2D eigenvalue weighted by atomic mass is 9.86. The van der Waals surface area contributed by atoms with E-state index in [0.29, 0.717) is 11.2 Å². The Morgan fingerprint density at radius 3 is 2.89 bits per heavy atom. The van der Waals surface area contributed by atoms with Gasteiger partial charge in [0.1, 0.15) is 23.5 Å². The molecule has 2 aliphatic rings. The second-order valence-corrected chi connectivity index (χ2v) is 7.41. The molecular weight excluding hydrogens is 355 g/mol. The molecular formula is C19H18F3N5. The van der Waals surface area contributed by atoms with Gasteiger partial charge >= 0.3 is 6.18 Å². The number of aromatic amines is 1. The van der Waals surface area contributed by atoms with Gasteiger partial charge in [0.2, 0.25) is 0 Å². The van der Waals surface area contributed by atoms with E-state index in [9.17, 15) is 13.2 Å². The lowest BCUT2D eigenvalue weighted by molar-refractivity contribution is -0.140. The molecule has 2 aromatic heterocycles. The molecule has 27 heavy (non-hydrogen) atoms. The number of alkyl halides is 3. The highest BCUT2D eigenvalue weighted by atomic mass is 19.4. The Kier molecular flexibility index (Phi) is 3.26. The molecule has 3 aromatic rings. The summed E-state index contributed by atoms with van der Waals surface area (Å²) in [7, 11) is 2.09. The number of nitrogens with one attached hydrogen (secondary N) is 2. The van der Waals surface area contributed by atoms with Crippen molar-refractivity contribution in [1.29, 1.82) is 0 Å². The second kappa shape index (κ2) is 5.37. The molecule has 1 spiro atoms. The van der Waals surface area contributed by atoms with Gasteiger partial charge in [-0.1, -0.05) is 18.2 Å². The van der Waals surface area contributed by atoms with Gasteiger partial charge in [-0.3, -0.25) is 0 Å². The molecule has 5 nitrogen and oxygen atoms in total. The predicted molar refractivity (Wildman–Crippen MR) is 96.9 cm³/mol. The Hall–Kier alpha value is -2.77. The van der Waals surface area contributed by atoms with Crippen LogP contribution in [0.15, 0.2) is 36.7 Å². The van der Waals surface area contributed by atoms with Crippen LogP contribution in [0.1, 0.15) is 24.1 Å². The van der Waals surface area contributed by atoms with E-state index in [1.54, 1.807) is 0 Å². The van der Waals surface area contributed by atoms with Crippen molar-refractivity contribution in [3.8, 4) is 0 Å². The first-order valence-corrected chi connectivity index (χ1v) is 8.87. The van der Waals surface area contributed by atoms with E-state index in [-0.39, 0.29) is 17.1 Å². The summed E-state index contributed by atoms with van der Waals surface area (Å²) in [6, 6.07) is 9.58. The Morgan fingerprint density at radius 1 is 1.26 bits per heavy atom. The van der Waals surface area contributed by atoms with Crippen molar-refractivity contribution in [3.05, 3.63) is 47.9 Å². The fourth-order valence-electron chi connectivity index (χ4n) is 4.29. The summed E-state index contributed by atoms with van der Waals surface area (Å²) in [6.07, 6.45) is -1.20. The third-order valence-electron chi connectivity index (χ3n) is 5.86. The number of anilines is 2. The zero-order chi connectivity index (χ0) is 18.8. The van der Waals surface area contributed by atoms with Gasteiger partial charge in [0.15, 0.2) is 0 Å². The van der Waals surface area contributed by atoms with Gasteiger partial charge in [0.05, 0.1) is 5.39 Å². The molecule has 1 fully saturated rings. The molecule has 8 heteroatoms. The second-order valence-electron chi connectivity index (χ2n) is 7.41. The van der Waals surface area contributed by atoms with Crippen LogP contribution in [0.2, 0.25) is 0 Å². The molecule has 2 atom stereocenters. The van der Waals surface area contributed by atoms with Crippen LogP contribution in [-0.4, -0.2) is 34.6 Å². The van der Waals surface area contributed by atoms with Gasteiger partial charge in [-0.05, 0) is 30.5 Å². The number of fused-ring (bicyclic) bond motifs is 3. The minimum absolute atomic E-state index is 0.0174. The van der Waals surface area contributed by atoms with Crippen LogP contribution in [0.4, 0.5) is 24.7 Å². The molecule has 1 aromatic carbocycles. The number of hydrogen-bond acceptors (Lipinski definition) is 4. The zero-order valence-electron chi connectivity index (χ0n) is 14.6. The Balaban J connectivity index is 1.48. The average Bonchev–Trinajstić information content (AvgIpc) is 3.11. The Morgan fingerprint density at radius 2 is 2.07 bits per heavy atom. The molecule has 0 amide bonds. The molecule has 0 bridgehead atoms. The van der Waals surface area contributed by atoms with Crippen LogP contribution in [0.25, 0.3) is 11.0 Å². The fourth-order valence-corrected chi connectivity index (χ4v) is 4.29. The normalized spacial score (nSPS) is 24.3. The van der Waals surface area contributed by atoms with Gasteiger partial charge in [-0.2, -0.15) is 13.2 Å². The van der Waals surface area contributed by atoms with Gasteiger partial charge in [-0.15, -0.1) is 0 Å². The first-order chi connectivity index (χ1) is 12.9. The molecule has 2 N–H and O–H groups in total. The van der Waals surface area contributed by atoms with E-state index in [1.807, 2.05) is 12.1 Å². The van der Waals surface area contributed by atoms with Crippen LogP contribution in [0.3, 0.4) is 0 Å². The monoisotopic (exact) mass is 373 g/mol. The molecule has 140 valence electrons. The third-order valence-corrected chi connectivity index (χ3v) is 5.86. The maximum absolute atomic E-state index is 13.0. The number of para-hydroxylation sites is 1. The summed E-state index contributed by atoms with van der Waals surface area (Å²) in [5.41, 5.74) is 1.92. The van der Waals surface area contributed by atoms with E-state index < -0.39 is 11.9 Å². The van der Waals surface area contributed by atoms with Crippen LogP contribution in [0, 0.1) is 0 Å². The van der Waals surface area contributed by atoms with E-state index in [1.165, 1.54) is 17.6 Å². The van der Waals surface area contributed by atoms with Crippen LogP contribution < -0.4 is 10.2 Å². The predicted octanol–water partition coefficient (Wildman–Crippen LogP) is 3.94. The van der Waals surface area contributed by atoms with Crippen molar-refractivity contribution < 1.29 is 13.2 Å². The Labute approximate surface area is 153 Å². The highest BCUT2D eigenvalue weighted by Crippen LogP contribution is 2.57. The summed E-state index contributed by atoms with van der Waals surface area (Å²) >= 11 is 0. The maximum atomic E-state index is 13.0. The zero-order valence-corrected chi connectivity index (χ0v) is 14.6. The highest BCUT2D eigenvalue weighted by molar-refractivity contribution is 5.88. The van der Waals surface area contributed by atoms with Crippen LogP contribution >= 0.6 is 0 Å². The van der Waals surface area contributed by atoms with Gasteiger partial charge < -0.3 is 15.2 Å². The summed E-state index contributed by atoms with van der Waals surface area (Å²) < 4.78 is 39.0. The number of benzene rings is 1. The standard InChI is InChI=1S/C19H18F3N5/c1-27-7-6-18(12-4-2-3-5-13(12)27)9-15(18)26-17-11-8-14(19(20,21)22)25-16(11)23-10-24-17/h2-5,8,10,15H,6-7,9H2,1H3,(H2,23,24,25,26)/t15?,18-/m0/s1. The minimum Gasteiger partial charge on any atom is -0.374 e. The first-order valence-electron chi connectivity index (χ1n) is 8.87. The number of H-pyrrole nitrogens is 1. The SMILES string of the molecule is CN1CC[C@]2(CC2Nc2ncnc3[nH]c(C(F)(F)F)cc23)c2ccccc21. The van der Waals surface area contributed by atoms with Crippen molar-refractivity contribution in [2.45, 2.75) is 30.5 Å². The summed E-state index contributed by atoms with van der Waals surface area (Å²) in [6.45, 7) is 0.955. The first kappa shape index (κ1) is 16.4. The summed E-state index contributed by atoms with van der Waals surface area (Å²) in [5.74, 6) is 0.449. The van der Waals surface area contributed by atoms with E-state index in [0.717, 1.165) is 25.5 Å². The smallest absolute Gasteiger partial charge is 0.374 e. The molecule has 1 aliphatic carbocycles. The van der Waals surface area contributed by atoms with Gasteiger partial charge in [0.25, 0.3) is 0 Å². The lowest BCUT2D eigenvalue weighted by Gasteiger charge is -2.34. The number of aromatic nitrogens is 3. The molecule has 1 saturated carbocycles. The number of hydrogen-bond donors (Lipinski definition) is 2. The molecule has 1 aliphatic heterocycles. The number of nitrogens with zero attached hydrogens (tertiary/aromatic N) is 3. The van der Waals surface area contributed by atoms with E-state index in [2.05, 4.69) is 44.3 Å². The molecule has 1 unspecified atom stereocenters. The number of halogens is 3. The van der Waals surface area contributed by atoms with Crippen molar-refractivity contribution in [2.75, 3.05) is 23.8 Å². The molecule has 5 rings (SSSR count). The topological polar surface area (TPSA) is 56.8 Å². The fraction of sp³-hybridized carbons (Fsp3) is 0.368. The highest BCUT2D eigenvalue weighted by Gasteiger charge is 2.57. The van der Waals surface area contributed by atoms with Crippen molar-refractivity contribution >= 4 is 22.5 Å². The summed E-state index contributed by atoms with van der Waals surface area (Å²) in [4.78, 5) is 12.7. The Bertz CT molecular complexity index is 1030. The van der Waals surface area contributed by atoms with Gasteiger partial charge in [0, 0.05) is 30.7 Å². The van der Waals surface area contributed by atoms with Crippen molar-refractivity contribution in [2.24, 2.45) is 0 Å². The van der Waals surface area contributed by atoms with E-state index >= 15 is 0 Å². The van der Waals surface area contributed by atoms with E-state index in [4.69, 9.17) is 0 Å². The maximum Gasteiger partial charge on any atom is 0.431 e.